The normalized spacial score (nSPS) is 14.2. The number of aliphatic carboxylic acids is 1. The number of carbonyl (C=O) groups is 3. The van der Waals surface area contributed by atoms with E-state index in [2.05, 4.69) is 34.6 Å². The number of benzene rings is 2. The number of aromatic nitrogens is 1. The first-order valence-corrected chi connectivity index (χ1v) is 12.4. The van der Waals surface area contributed by atoms with E-state index in [1.165, 1.54) is 16.2 Å². The average molecular weight is 492 g/mol. The summed E-state index contributed by atoms with van der Waals surface area (Å²) in [5.74, 6) is -0.962. The van der Waals surface area contributed by atoms with Crippen LogP contribution in [0.4, 0.5) is 9.93 Å². The number of fused-ring (bicyclic) bond motifs is 3. The summed E-state index contributed by atoms with van der Waals surface area (Å²) in [6, 6.07) is 16.2. The Balaban J connectivity index is 1.17. The van der Waals surface area contributed by atoms with E-state index in [1.54, 1.807) is 5.38 Å². The van der Waals surface area contributed by atoms with Gasteiger partial charge in [-0.15, -0.1) is 11.3 Å². The minimum atomic E-state index is -1.03. The lowest BCUT2D eigenvalue weighted by Crippen LogP contribution is -2.38. The van der Waals surface area contributed by atoms with Crippen molar-refractivity contribution in [3.05, 3.63) is 70.7 Å². The van der Waals surface area contributed by atoms with Crippen molar-refractivity contribution in [2.75, 3.05) is 25.0 Å². The summed E-state index contributed by atoms with van der Waals surface area (Å²) in [5.41, 5.74) is 5.07. The molecule has 1 aromatic heterocycles. The predicted octanol–water partition coefficient (Wildman–Crippen LogP) is 4.37. The molecule has 1 saturated carbocycles. The van der Waals surface area contributed by atoms with Gasteiger partial charge in [-0.3, -0.25) is 14.9 Å². The molecule has 1 fully saturated rings. The Morgan fingerprint density at radius 2 is 1.71 bits per heavy atom. The number of hydrogen-bond donors (Lipinski definition) is 2. The van der Waals surface area contributed by atoms with E-state index in [9.17, 15) is 14.4 Å². The summed E-state index contributed by atoms with van der Waals surface area (Å²) in [6.07, 6.45) is 1.42. The first-order chi connectivity index (χ1) is 17.0. The van der Waals surface area contributed by atoms with Crippen molar-refractivity contribution in [2.45, 2.75) is 25.2 Å². The van der Waals surface area contributed by atoms with Crippen LogP contribution in [0.3, 0.4) is 0 Å². The van der Waals surface area contributed by atoms with Gasteiger partial charge in [0.25, 0.3) is 0 Å². The van der Waals surface area contributed by atoms with Crippen molar-refractivity contribution in [3.8, 4) is 11.1 Å². The first-order valence-electron chi connectivity index (χ1n) is 11.5. The largest absolute Gasteiger partial charge is 0.480 e. The van der Waals surface area contributed by atoms with Gasteiger partial charge in [-0.2, -0.15) is 0 Å². The molecule has 1 heterocycles. The highest BCUT2D eigenvalue weighted by molar-refractivity contribution is 7.13. The van der Waals surface area contributed by atoms with Gasteiger partial charge in [0, 0.05) is 17.8 Å². The standard InChI is InChI=1S/C26H25N3O5S/c30-23(29(13-24(31)32)12-16-9-10-16)11-17-15-35-25(27-17)28-26(33)34-14-22-20-7-3-1-5-18(20)19-6-2-4-8-21(19)22/h1-8,15-16,22H,9-14H2,(H,31,32)(H,27,28,33). The SMILES string of the molecule is O=C(O)CN(CC1CC1)C(=O)Cc1csc(NC(=O)OCC2c3ccccc3-c3ccccc32)n1. The Kier molecular flexibility index (Phi) is 6.50. The van der Waals surface area contributed by atoms with Crippen molar-refractivity contribution < 1.29 is 24.2 Å². The Morgan fingerprint density at radius 3 is 2.34 bits per heavy atom. The number of carboxylic acids is 1. The molecule has 0 atom stereocenters. The minimum Gasteiger partial charge on any atom is -0.480 e. The summed E-state index contributed by atoms with van der Waals surface area (Å²) in [5, 5.41) is 13.8. The van der Waals surface area contributed by atoms with Crippen molar-refractivity contribution in [3.63, 3.8) is 0 Å². The van der Waals surface area contributed by atoms with Crippen LogP contribution in [0.25, 0.3) is 11.1 Å². The maximum absolute atomic E-state index is 12.6. The smallest absolute Gasteiger partial charge is 0.413 e. The first kappa shape index (κ1) is 23.0. The minimum absolute atomic E-state index is 0.0110. The molecule has 2 aromatic carbocycles. The van der Waals surface area contributed by atoms with Crippen molar-refractivity contribution >= 4 is 34.4 Å². The highest BCUT2D eigenvalue weighted by atomic mass is 32.1. The highest BCUT2D eigenvalue weighted by Gasteiger charge is 2.30. The van der Waals surface area contributed by atoms with E-state index in [0.29, 0.717) is 23.3 Å². The lowest BCUT2D eigenvalue weighted by molar-refractivity contribution is -0.144. The van der Waals surface area contributed by atoms with Gasteiger partial charge in [-0.05, 0) is 41.0 Å². The molecule has 0 bridgehead atoms. The van der Waals surface area contributed by atoms with Crippen molar-refractivity contribution in [2.24, 2.45) is 5.92 Å². The molecule has 2 aliphatic carbocycles. The molecule has 0 radical (unpaired) electrons. The fraction of sp³-hybridized carbons (Fsp3) is 0.308. The second-order valence-corrected chi connectivity index (χ2v) is 9.74. The number of hydrogen-bond acceptors (Lipinski definition) is 6. The number of anilines is 1. The molecule has 8 nitrogen and oxygen atoms in total. The molecule has 2 amide bonds. The Bertz CT molecular complexity index is 1220. The summed E-state index contributed by atoms with van der Waals surface area (Å²) in [6.45, 7) is 0.340. The summed E-state index contributed by atoms with van der Waals surface area (Å²) >= 11 is 1.20. The second kappa shape index (κ2) is 9.87. The molecule has 180 valence electrons. The van der Waals surface area contributed by atoms with Crippen LogP contribution in [-0.4, -0.2) is 52.7 Å². The molecule has 5 rings (SSSR count). The zero-order chi connectivity index (χ0) is 24.4. The van der Waals surface area contributed by atoms with Gasteiger partial charge in [-0.25, -0.2) is 9.78 Å². The summed E-state index contributed by atoms with van der Waals surface area (Å²) in [7, 11) is 0. The molecule has 0 unspecified atom stereocenters. The Morgan fingerprint density at radius 1 is 1.06 bits per heavy atom. The number of rotatable bonds is 9. The van der Waals surface area contributed by atoms with Crippen LogP contribution in [0.5, 0.6) is 0 Å². The fourth-order valence-electron chi connectivity index (χ4n) is 4.46. The van der Waals surface area contributed by atoms with Gasteiger partial charge < -0.3 is 14.7 Å². The number of carbonyl (C=O) groups excluding carboxylic acids is 2. The molecule has 0 saturated heterocycles. The van der Waals surface area contributed by atoms with Crippen LogP contribution in [0.1, 0.15) is 35.6 Å². The lowest BCUT2D eigenvalue weighted by atomic mass is 9.98. The maximum atomic E-state index is 12.6. The highest BCUT2D eigenvalue weighted by Crippen LogP contribution is 2.44. The van der Waals surface area contributed by atoms with Crippen molar-refractivity contribution in [1.82, 2.24) is 9.88 Å². The zero-order valence-electron chi connectivity index (χ0n) is 19.0. The van der Waals surface area contributed by atoms with Crippen LogP contribution >= 0.6 is 11.3 Å². The number of amides is 2. The summed E-state index contributed by atoms with van der Waals surface area (Å²) < 4.78 is 5.54. The molecule has 9 heteroatoms. The number of carboxylic acid groups (broad SMARTS) is 1. The molecule has 2 aliphatic rings. The second-order valence-electron chi connectivity index (χ2n) is 8.88. The molecule has 0 spiro atoms. The Hall–Kier alpha value is -3.72. The van der Waals surface area contributed by atoms with E-state index in [4.69, 9.17) is 9.84 Å². The fourth-order valence-corrected chi connectivity index (χ4v) is 5.16. The number of thiazole rings is 1. The maximum Gasteiger partial charge on any atom is 0.413 e. The van der Waals surface area contributed by atoms with Crippen LogP contribution in [0.15, 0.2) is 53.9 Å². The van der Waals surface area contributed by atoms with Gasteiger partial charge in [0.1, 0.15) is 13.2 Å². The molecular formula is C26H25N3O5S. The van der Waals surface area contributed by atoms with Crippen LogP contribution in [0.2, 0.25) is 0 Å². The van der Waals surface area contributed by atoms with Gasteiger partial charge >= 0.3 is 12.1 Å². The monoisotopic (exact) mass is 491 g/mol. The van der Waals surface area contributed by atoms with E-state index < -0.39 is 12.1 Å². The average Bonchev–Trinajstić information content (AvgIpc) is 3.46. The molecular weight excluding hydrogens is 466 g/mol. The van der Waals surface area contributed by atoms with Crippen LogP contribution in [-0.2, 0) is 20.7 Å². The van der Waals surface area contributed by atoms with E-state index in [1.807, 2.05) is 24.3 Å². The molecule has 3 aromatic rings. The topological polar surface area (TPSA) is 109 Å². The van der Waals surface area contributed by atoms with Gasteiger partial charge in [0.15, 0.2) is 5.13 Å². The molecule has 2 N–H and O–H groups in total. The van der Waals surface area contributed by atoms with Crippen LogP contribution < -0.4 is 5.32 Å². The third kappa shape index (κ3) is 5.35. The zero-order valence-corrected chi connectivity index (χ0v) is 19.8. The number of ether oxygens (including phenoxy) is 1. The predicted molar refractivity (Wildman–Crippen MR) is 131 cm³/mol. The van der Waals surface area contributed by atoms with E-state index >= 15 is 0 Å². The third-order valence-corrected chi connectivity index (χ3v) is 7.10. The van der Waals surface area contributed by atoms with E-state index in [0.717, 1.165) is 35.1 Å². The van der Waals surface area contributed by atoms with E-state index in [-0.39, 0.29) is 31.4 Å². The molecule has 0 aliphatic heterocycles. The molecule has 35 heavy (non-hydrogen) atoms. The van der Waals surface area contributed by atoms with Crippen molar-refractivity contribution in [1.29, 1.82) is 0 Å². The number of nitrogens with one attached hydrogen (secondary N) is 1. The number of nitrogens with zero attached hydrogens (tertiary/aromatic N) is 2. The Labute approximate surface area is 206 Å². The van der Waals surface area contributed by atoms with Gasteiger partial charge in [0.05, 0.1) is 12.1 Å². The quantitative estimate of drug-likeness (QED) is 0.460. The van der Waals surface area contributed by atoms with Gasteiger partial charge in [0.2, 0.25) is 5.91 Å². The van der Waals surface area contributed by atoms with Gasteiger partial charge in [-0.1, -0.05) is 48.5 Å². The lowest BCUT2D eigenvalue weighted by Gasteiger charge is -2.20. The summed E-state index contributed by atoms with van der Waals surface area (Å²) in [4.78, 5) is 41.9. The third-order valence-electron chi connectivity index (χ3n) is 6.29. The van der Waals surface area contributed by atoms with Crippen LogP contribution in [0, 0.1) is 5.92 Å².